The van der Waals surface area contributed by atoms with Gasteiger partial charge >= 0.3 is 0 Å². The Morgan fingerprint density at radius 3 is 2.82 bits per heavy atom. The van der Waals surface area contributed by atoms with Crippen molar-refractivity contribution in [1.29, 1.82) is 0 Å². The van der Waals surface area contributed by atoms with Gasteiger partial charge in [-0.1, -0.05) is 23.5 Å². The van der Waals surface area contributed by atoms with Crippen LogP contribution in [-0.4, -0.2) is 47.9 Å². The van der Waals surface area contributed by atoms with Gasteiger partial charge in [0.2, 0.25) is 10.3 Å². The summed E-state index contributed by atoms with van der Waals surface area (Å²) in [7, 11) is 0. The predicted octanol–water partition coefficient (Wildman–Crippen LogP) is 1.38. The number of anilines is 2. The van der Waals surface area contributed by atoms with Gasteiger partial charge in [0.1, 0.15) is 5.75 Å². The number of nitrogens with two attached hydrogens (primary N) is 1. The van der Waals surface area contributed by atoms with E-state index in [1.807, 2.05) is 0 Å². The molecular weight excluding hydrogens is 298 g/mol. The fourth-order valence-electron chi connectivity index (χ4n) is 3.02. The summed E-state index contributed by atoms with van der Waals surface area (Å²) in [6, 6.07) is 6.63. The van der Waals surface area contributed by atoms with E-state index in [4.69, 9.17) is 10.5 Å². The summed E-state index contributed by atoms with van der Waals surface area (Å²) in [5.41, 5.74) is 8.32. The van der Waals surface area contributed by atoms with Gasteiger partial charge in [-0.2, -0.15) is 0 Å². The number of benzene rings is 1. The SMILES string of the molecule is Nc1nnc(N2CCN(Cc3ccc4c(c3)OCC4)CC2)s1. The number of fused-ring (bicyclic) bond motifs is 1. The molecular formula is C15H19N5OS. The van der Waals surface area contributed by atoms with Crippen LogP contribution in [0.4, 0.5) is 10.3 Å². The van der Waals surface area contributed by atoms with Gasteiger partial charge < -0.3 is 15.4 Å². The molecule has 0 unspecified atom stereocenters. The molecule has 0 spiro atoms. The molecule has 1 aromatic heterocycles. The highest BCUT2D eigenvalue weighted by molar-refractivity contribution is 7.18. The van der Waals surface area contributed by atoms with Crippen molar-refractivity contribution in [3.63, 3.8) is 0 Å². The van der Waals surface area contributed by atoms with Crippen molar-refractivity contribution in [2.24, 2.45) is 0 Å². The van der Waals surface area contributed by atoms with Crippen molar-refractivity contribution in [1.82, 2.24) is 15.1 Å². The van der Waals surface area contributed by atoms with E-state index in [1.165, 1.54) is 22.5 Å². The van der Waals surface area contributed by atoms with Gasteiger partial charge in [-0.05, 0) is 17.2 Å². The number of nitrogen functional groups attached to an aromatic ring is 1. The van der Waals surface area contributed by atoms with E-state index >= 15 is 0 Å². The Balaban J connectivity index is 1.36. The highest BCUT2D eigenvalue weighted by Gasteiger charge is 2.20. The highest BCUT2D eigenvalue weighted by atomic mass is 32.1. The van der Waals surface area contributed by atoms with Crippen LogP contribution in [-0.2, 0) is 13.0 Å². The Hall–Kier alpha value is -1.86. The molecule has 0 atom stereocenters. The maximum Gasteiger partial charge on any atom is 0.210 e. The maximum atomic E-state index is 5.66. The predicted molar refractivity (Wildman–Crippen MR) is 87.5 cm³/mol. The first-order valence-corrected chi connectivity index (χ1v) is 8.40. The van der Waals surface area contributed by atoms with Gasteiger partial charge in [-0.15, -0.1) is 10.2 Å². The fourth-order valence-corrected chi connectivity index (χ4v) is 3.68. The van der Waals surface area contributed by atoms with E-state index < -0.39 is 0 Å². The second-order valence-corrected chi connectivity index (χ2v) is 6.71. The minimum atomic E-state index is 0.538. The van der Waals surface area contributed by atoms with Crippen molar-refractivity contribution >= 4 is 21.6 Å². The molecule has 1 aromatic carbocycles. The Kier molecular flexibility index (Phi) is 3.59. The summed E-state index contributed by atoms with van der Waals surface area (Å²) in [4.78, 5) is 4.73. The fraction of sp³-hybridized carbons (Fsp3) is 0.467. The zero-order chi connectivity index (χ0) is 14.9. The monoisotopic (exact) mass is 317 g/mol. The summed E-state index contributed by atoms with van der Waals surface area (Å²) in [6.45, 7) is 5.78. The molecule has 2 aliphatic rings. The number of hydrogen-bond acceptors (Lipinski definition) is 7. The lowest BCUT2D eigenvalue weighted by Gasteiger charge is -2.34. The third-order valence-electron chi connectivity index (χ3n) is 4.24. The molecule has 2 aliphatic heterocycles. The van der Waals surface area contributed by atoms with Crippen LogP contribution in [0.2, 0.25) is 0 Å². The van der Waals surface area contributed by atoms with Crippen molar-refractivity contribution in [2.45, 2.75) is 13.0 Å². The number of ether oxygens (including phenoxy) is 1. The Morgan fingerprint density at radius 1 is 1.18 bits per heavy atom. The lowest BCUT2D eigenvalue weighted by atomic mass is 10.1. The molecule has 6 nitrogen and oxygen atoms in total. The first-order chi connectivity index (χ1) is 10.8. The van der Waals surface area contributed by atoms with Gasteiger partial charge in [0.05, 0.1) is 6.61 Å². The normalized spacial score (nSPS) is 18.3. The number of nitrogens with zero attached hydrogens (tertiary/aromatic N) is 4. The minimum absolute atomic E-state index is 0.538. The summed E-state index contributed by atoms with van der Waals surface area (Å²) in [5.74, 6) is 1.07. The number of hydrogen-bond donors (Lipinski definition) is 1. The molecule has 0 aliphatic carbocycles. The molecule has 0 radical (unpaired) electrons. The van der Waals surface area contributed by atoms with E-state index in [2.05, 4.69) is 38.2 Å². The summed E-state index contributed by atoms with van der Waals surface area (Å²) < 4.78 is 5.65. The van der Waals surface area contributed by atoms with Crippen LogP contribution in [0.1, 0.15) is 11.1 Å². The molecule has 7 heteroatoms. The van der Waals surface area contributed by atoms with Crippen LogP contribution in [0.3, 0.4) is 0 Å². The smallest absolute Gasteiger partial charge is 0.210 e. The van der Waals surface area contributed by atoms with Crippen LogP contribution in [0, 0.1) is 0 Å². The lowest BCUT2D eigenvalue weighted by molar-refractivity contribution is 0.249. The third kappa shape index (κ3) is 2.74. The molecule has 1 saturated heterocycles. The third-order valence-corrected chi connectivity index (χ3v) is 5.05. The van der Waals surface area contributed by atoms with E-state index in [0.717, 1.165) is 56.6 Å². The topological polar surface area (TPSA) is 67.5 Å². The second-order valence-electron chi connectivity index (χ2n) is 5.73. The van der Waals surface area contributed by atoms with Crippen molar-refractivity contribution < 1.29 is 4.74 Å². The summed E-state index contributed by atoms with van der Waals surface area (Å²) >= 11 is 1.46. The Bertz CT molecular complexity index is 666. The average molecular weight is 317 g/mol. The number of piperazine rings is 1. The quantitative estimate of drug-likeness (QED) is 0.922. The number of rotatable bonds is 3. The molecule has 116 valence electrons. The van der Waals surface area contributed by atoms with E-state index in [0.29, 0.717) is 5.13 Å². The van der Waals surface area contributed by atoms with E-state index in [9.17, 15) is 0 Å². The van der Waals surface area contributed by atoms with Gasteiger partial charge in [0, 0.05) is 39.1 Å². The number of aromatic nitrogens is 2. The van der Waals surface area contributed by atoms with Crippen LogP contribution in [0.15, 0.2) is 18.2 Å². The molecule has 0 saturated carbocycles. The first-order valence-electron chi connectivity index (χ1n) is 7.59. The molecule has 0 bridgehead atoms. The Labute approximate surface area is 133 Å². The molecule has 2 aromatic rings. The van der Waals surface area contributed by atoms with Crippen LogP contribution in [0.5, 0.6) is 5.75 Å². The summed E-state index contributed by atoms with van der Waals surface area (Å²) in [5, 5.41) is 9.48. The Morgan fingerprint density at radius 2 is 2.05 bits per heavy atom. The molecule has 4 rings (SSSR count). The molecule has 2 N–H and O–H groups in total. The standard InChI is InChI=1S/C15H19N5OS/c16-14-17-18-15(22-14)20-6-4-19(5-7-20)10-11-1-2-12-3-8-21-13(12)9-11/h1-2,9H,3-8,10H2,(H2,16,17). The first kappa shape index (κ1) is 13.8. The van der Waals surface area contributed by atoms with E-state index in [-0.39, 0.29) is 0 Å². The zero-order valence-corrected chi connectivity index (χ0v) is 13.2. The largest absolute Gasteiger partial charge is 0.493 e. The maximum absolute atomic E-state index is 5.66. The molecule has 0 amide bonds. The lowest BCUT2D eigenvalue weighted by Crippen LogP contribution is -2.45. The van der Waals surface area contributed by atoms with Gasteiger partial charge in [0.25, 0.3) is 0 Å². The van der Waals surface area contributed by atoms with Crippen molar-refractivity contribution in [2.75, 3.05) is 43.4 Å². The van der Waals surface area contributed by atoms with Crippen LogP contribution in [0.25, 0.3) is 0 Å². The molecule has 22 heavy (non-hydrogen) atoms. The molecule has 1 fully saturated rings. The van der Waals surface area contributed by atoms with Gasteiger partial charge in [-0.3, -0.25) is 4.90 Å². The summed E-state index contributed by atoms with van der Waals surface area (Å²) in [6.07, 6.45) is 1.04. The second kappa shape index (κ2) is 5.73. The van der Waals surface area contributed by atoms with Crippen molar-refractivity contribution in [3.8, 4) is 5.75 Å². The zero-order valence-electron chi connectivity index (χ0n) is 12.4. The van der Waals surface area contributed by atoms with Crippen LogP contribution < -0.4 is 15.4 Å². The highest BCUT2D eigenvalue weighted by Crippen LogP contribution is 2.27. The van der Waals surface area contributed by atoms with Gasteiger partial charge in [0.15, 0.2) is 0 Å². The van der Waals surface area contributed by atoms with Crippen LogP contribution >= 0.6 is 11.3 Å². The average Bonchev–Trinajstić information content (AvgIpc) is 3.16. The van der Waals surface area contributed by atoms with E-state index in [1.54, 1.807) is 0 Å². The van der Waals surface area contributed by atoms with Gasteiger partial charge in [-0.25, -0.2) is 0 Å². The minimum Gasteiger partial charge on any atom is -0.493 e. The molecule has 3 heterocycles. The van der Waals surface area contributed by atoms with Crippen molar-refractivity contribution in [3.05, 3.63) is 29.3 Å².